The summed E-state index contributed by atoms with van der Waals surface area (Å²) in [4.78, 5) is 24.5. The average molecular weight is 303 g/mol. The molecule has 5 nitrogen and oxygen atoms in total. The summed E-state index contributed by atoms with van der Waals surface area (Å²) in [6, 6.07) is 3.62. The van der Waals surface area contributed by atoms with E-state index in [2.05, 4.69) is 11.9 Å². The molecule has 0 bridgehead atoms. The molecule has 0 saturated carbocycles. The molecule has 0 spiro atoms. The van der Waals surface area contributed by atoms with Crippen LogP contribution in [0.5, 0.6) is 0 Å². The van der Waals surface area contributed by atoms with Crippen LogP contribution in [0.1, 0.15) is 18.9 Å². The van der Waals surface area contributed by atoms with Crippen molar-refractivity contribution in [3.05, 3.63) is 63.7 Å². The highest BCUT2D eigenvalue weighted by molar-refractivity contribution is 8.12. The Balaban J connectivity index is 2.35. The number of aromatic nitrogens is 1. The van der Waals surface area contributed by atoms with E-state index in [4.69, 9.17) is 5.73 Å². The molecule has 0 unspecified atom stereocenters. The Kier molecular flexibility index (Phi) is 4.70. The SMILES string of the molecule is C=C/C(C(N)=O)=C1\NC=C(c2cccn(CCC)c2=O)S1. The lowest BCUT2D eigenvalue weighted by Crippen LogP contribution is -2.21. The highest BCUT2D eigenvalue weighted by Crippen LogP contribution is 2.36. The summed E-state index contributed by atoms with van der Waals surface area (Å²) in [6.07, 6.45) is 5.79. The van der Waals surface area contributed by atoms with E-state index in [1.807, 2.05) is 13.0 Å². The Morgan fingerprint density at radius 1 is 1.57 bits per heavy atom. The zero-order valence-electron chi connectivity index (χ0n) is 11.8. The van der Waals surface area contributed by atoms with E-state index in [1.54, 1.807) is 23.0 Å². The lowest BCUT2D eigenvalue weighted by Gasteiger charge is -2.07. The number of nitrogens with one attached hydrogen (secondary N) is 1. The number of thioether (sulfide) groups is 1. The molecule has 110 valence electrons. The third-order valence-electron chi connectivity index (χ3n) is 3.01. The Morgan fingerprint density at radius 3 is 2.95 bits per heavy atom. The molecule has 1 aromatic heterocycles. The maximum absolute atomic E-state index is 12.4. The number of nitrogens with zero attached hydrogens (tertiary/aromatic N) is 1. The summed E-state index contributed by atoms with van der Waals surface area (Å²) in [7, 11) is 0. The van der Waals surface area contributed by atoms with Gasteiger partial charge in [0.2, 0.25) is 0 Å². The number of aryl methyl sites for hydroxylation is 1. The Hall–Kier alpha value is -2.21. The van der Waals surface area contributed by atoms with Gasteiger partial charge in [0.15, 0.2) is 0 Å². The van der Waals surface area contributed by atoms with E-state index in [0.717, 1.165) is 11.3 Å². The van der Waals surface area contributed by atoms with Crippen LogP contribution in [0.15, 0.2) is 52.6 Å². The second-order valence-electron chi connectivity index (χ2n) is 4.49. The number of hydrogen-bond donors (Lipinski definition) is 2. The highest BCUT2D eigenvalue weighted by atomic mass is 32.2. The van der Waals surface area contributed by atoms with Gasteiger partial charge in [-0.15, -0.1) is 0 Å². The molecule has 0 atom stereocenters. The number of rotatable bonds is 5. The third-order valence-corrected chi connectivity index (χ3v) is 4.11. The van der Waals surface area contributed by atoms with Gasteiger partial charge in [-0.3, -0.25) is 9.59 Å². The first-order chi connectivity index (χ1) is 10.1. The van der Waals surface area contributed by atoms with Crippen LogP contribution in [-0.4, -0.2) is 10.5 Å². The van der Waals surface area contributed by atoms with E-state index >= 15 is 0 Å². The number of carbonyl (C=O) groups excluding carboxylic acids is 1. The first-order valence-corrected chi connectivity index (χ1v) is 7.41. The molecule has 21 heavy (non-hydrogen) atoms. The monoisotopic (exact) mass is 303 g/mol. The second kappa shape index (κ2) is 6.49. The first-order valence-electron chi connectivity index (χ1n) is 6.59. The van der Waals surface area contributed by atoms with Crippen LogP contribution in [0.2, 0.25) is 0 Å². The smallest absolute Gasteiger partial charge is 0.259 e. The molecule has 0 aromatic carbocycles. The fourth-order valence-corrected chi connectivity index (χ4v) is 3.03. The lowest BCUT2D eigenvalue weighted by molar-refractivity contribution is -0.114. The number of hydrogen-bond acceptors (Lipinski definition) is 4. The Labute approximate surface area is 127 Å². The van der Waals surface area contributed by atoms with Crippen LogP contribution in [-0.2, 0) is 11.3 Å². The zero-order chi connectivity index (χ0) is 15.4. The van der Waals surface area contributed by atoms with Crippen molar-refractivity contribution in [1.29, 1.82) is 0 Å². The van der Waals surface area contributed by atoms with Gasteiger partial charge in [-0.05, 0) is 18.6 Å². The number of amides is 1. The summed E-state index contributed by atoms with van der Waals surface area (Å²) >= 11 is 1.31. The van der Waals surface area contributed by atoms with Gasteiger partial charge >= 0.3 is 0 Å². The predicted molar refractivity (Wildman–Crippen MR) is 86.1 cm³/mol. The molecule has 0 fully saturated rings. The number of nitrogens with two attached hydrogens (primary N) is 1. The van der Waals surface area contributed by atoms with Crippen molar-refractivity contribution in [2.45, 2.75) is 19.9 Å². The van der Waals surface area contributed by atoms with Crippen molar-refractivity contribution < 1.29 is 4.79 Å². The molecule has 1 aromatic rings. The van der Waals surface area contributed by atoms with Crippen molar-refractivity contribution in [3.8, 4) is 0 Å². The minimum Gasteiger partial charge on any atom is -0.366 e. The number of carbonyl (C=O) groups is 1. The van der Waals surface area contributed by atoms with Gasteiger partial charge in [0.25, 0.3) is 11.5 Å². The molecule has 6 heteroatoms. The lowest BCUT2D eigenvalue weighted by atomic mass is 10.2. The quantitative estimate of drug-likeness (QED) is 0.813. The summed E-state index contributed by atoms with van der Waals surface area (Å²) in [6.45, 7) is 6.28. The summed E-state index contributed by atoms with van der Waals surface area (Å²) in [5, 5.41) is 3.57. The van der Waals surface area contributed by atoms with Gasteiger partial charge in [-0.2, -0.15) is 0 Å². The van der Waals surface area contributed by atoms with Crippen LogP contribution >= 0.6 is 11.8 Å². The normalized spacial score (nSPS) is 16.1. The van der Waals surface area contributed by atoms with Gasteiger partial charge in [-0.25, -0.2) is 0 Å². The van der Waals surface area contributed by atoms with Gasteiger partial charge in [0.1, 0.15) is 0 Å². The van der Waals surface area contributed by atoms with E-state index in [-0.39, 0.29) is 5.56 Å². The average Bonchev–Trinajstić information content (AvgIpc) is 2.91. The van der Waals surface area contributed by atoms with Gasteiger partial charge < -0.3 is 15.6 Å². The van der Waals surface area contributed by atoms with Crippen LogP contribution < -0.4 is 16.6 Å². The molecule has 2 rings (SSSR count). The zero-order valence-corrected chi connectivity index (χ0v) is 12.6. The van der Waals surface area contributed by atoms with Gasteiger partial charge in [-0.1, -0.05) is 31.3 Å². The van der Waals surface area contributed by atoms with Crippen LogP contribution in [0.3, 0.4) is 0 Å². The Bertz CT molecular complexity index is 701. The largest absolute Gasteiger partial charge is 0.366 e. The van der Waals surface area contributed by atoms with Crippen molar-refractivity contribution in [3.63, 3.8) is 0 Å². The standard InChI is InChI=1S/C15H17N3O2S/c1-3-7-18-8-5-6-11(15(18)20)12-9-17-14(21-12)10(4-2)13(16)19/h4-6,8-9,17H,2-3,7H2,1H3,(H2,16,19)/b14-10-. The fourth-order valence-electron chi connectivity index (χ4n) is 2.01. The summed E-state index contributed by atoms with van der Waals surface area (Å²) in [5.41, 5.74) is 6.17. The molecule has 0 saturated heterocycles. The van der Waals surface area contributed by atoms with E-state index in [9.17, 15) is 9.59 Å². The first kappa shape index (κ1) is 15.2. The van der Waals surface area contributed by atoms with Gasteiger partial charge in [0.05, 0.1) is 16.2 Å². The summed E-state index contributed by atoms with van der Waals surface area (Å²) in [5.74, 6) is -0.550. The fraction of sp³-hybridized carbons (Fsp3) is 0.200. The van der Waals surface area contributed by atoms with Crippen LogP contribution in [0, 0.1) is 0 Å². The topological polar surface area (TPSA) is 77.1 Å². The number of primary amides is 1. The van der Waals surface area contributed by atoms with Crippen LogP contribution in [0.4, 0.5) is 0 Å². The minimum absolute atomic E-state index is 0.0413. The van der Waals surface area contributed by atoms with Crippen molar-refractivity contribution >= 4 is 22.6 Å². The maximum atomic E-state index is 12.4. The molecule has 1 aliphatic rings. The second-order valence-corrected chi connectivity index (χ2v) is 5.54. The van der Waals surface area contributed by atoms with Crippen molar-refractivity contribution in [2.75, 3.05) is 0 Å². The maximum Gasteiger partial charge on any atom is 0.259 e. The highest BCUT2D eigenvalue weighted by Gasteiger charge is 2.20. The molecule has 0 radical (unpaired) electrons. The van der Waals surface area contributed by atoms with E-state index in [1.165, 1.54) is 17.8 Å². The van der Waals surface area contributed by atoms with E-state index < -0.39 is 5.91 Å². The van der Waals surface area contributed by atoms with Crippen molar-refractivity contribution in [1.82, 2.24) is 9.88 Å². The Morgan fingerprint density at radius 2 is 2.33 bits per heavy atom. The van der Waals surface area contributed by atoms with Gasteiger partial charge in [0, 0.05) is 23.8 Å². The molecule has 0 aliphatic carbocycles. The molecule has 1 aliphatic heterocycles. The summed E-state index contributed by atoms with van der Waals surface area (Å²) < 4.78 is 1.68. The molecule has 2 heterocycles. The molecule has 3 N–H and O–H groups in total. The third kappa shape index (κ3) is 3.11. The number of pyridine rings is 1. The van der Waals surface area contributed by atoms with Crippen LogP contribution in [0.25, 0.3) is 4.91 Å². The van der Waals surface area contributed by atoms with Crippen molar-refractivity contribution in [2.24, 2.45) is 5.73 Å². The predicted octanol–water partition coefficient (Wildman–Crippen LogP) is 1.78. The molecular weight excluding hydrogens is 286 g/mol. The molecular formula is C15H17N3O2S. The minimum atomic E-state index is -0.550. The molecule has 1 amide bonds. The van der Waals surface area contributed by atoms with E-state index in [0.29, 0.717) is 22.7 Å².